The van der Waals surface area contributed by atoms with Crippen molar-refractivity contribution in [1.82, 2.24) is 15.3 Å². The summed E-state index contributed by atoms with van der Waals surface area (Å²) in [5.41, 5.74) is 1.66. The third-order valence-corrected chi connectivity index (χ3v) is 3.20. The third-order valence-electron chi connectivity index (χ3n) is 3.20. The van der Waals surface area contributed by atoms with Crippen LogP contribution >= 0.6 is 0 Å². The number of nitrogens with zero attached hydrogens (tertiary/aromatic N) is 2. The van der Waals surface area contributed by atoms with Crippen molar-refractivity contribution in [3.63, 3.8) is 0 Å². The lowest BCUT2D eigenvalue weighted by Crippen LogP contribution is -2.28. The van der Waals surface area contributed by atoms with Gasteiger partial charge in [-0.05, 0) is 18.2 Å². The number of urea groups is 1. The average Bonchev–Trinajstić information content (AvgIpc) is 2.96. The maximum Gasteiger partial charge on any atom is 0.319 e. The number of carbonyl (C=O) groups is 1. The molecule has 3 aromatic rings. The van der Waals surface area contributed by atoms with Gasteiger partial charge >= 0.3 is 6.03 Å². The van der Waals surface area contributed by atoms with Gasteiger partial charge in [0.1, 0.15) is 11.5 Å². The van der Waals surface area contributed by atoms with Gasteiger partial charge in [-0.25, -0.2) is 9.78 Å². The predicted molar refractivity (Wildman–Crippen MR) is 85.0 cm³/mol. The van der Waals surface area contributed by atoms with Gasteiger partial charge in [0.2, 0.25) is 0 Å². The van der Waals surface area contributed by atoms with Crippen molar-refractivity contribution >= 4 is 28.4 Å². The molecule has 8 nitrogen and oxygen atoms in total. The molecule has 0 atom stereocenters. The van der Waals surface area contributed by atoms with Crippen molar-refractivity contribution in [2.24, 2.45) is 0 Å². The van der Waals surface area contributed by atoms with Crippen molar-refractivity contribution < 1.29 is 9.72 Å². The molecule has 2 amide bonds. The number of nitro benzene ring substituents is 1. The molecule has 0 aliphatic heterocycles. The Morgan fingerprint density at radius 1 is 1.17 bits per heavy atom. The first-order valence-electron chi connectivity index (χ1n) is 6.85. The molecule has 0 aliphatic carbocycles. The van der Waals surface area contributed by atoms with Crippen LogP contribution in [-0.2, 0) is 6.54 Å². The molecule has 3 rings (SSSR count). The topological polar surface area (TPSA) is 113 Å². The number of nitrogens with one attached hydrogen (secondary N) is 3. The lowest BCUT2D eigenvalue weighted by Gasteiger charge is -2.06. The third kappa shape index (κ3) is 3.26. The summed E-state index contributed by atoms with van der Waals surface area (Å²) in [6, 6.07) is 12.9. The zero-order valence-electron chi connectivity index (χ0n) is 11.9. The first-order chi connectivity index (χ1) is 11.1. The van der Waals surface area contributed by atoms with Crippen molar-refractivity contribution in [3.05, 3.63) is 64.5 Å². The van der Waals surface area contributed by atoms with Crippen LogP contribution in [-0.4, -0.2) is 20.9 Å². The number of fused-ring (bicyclic) bond motifs is 1. The Labute approximate surface area is 130 Å². The lowest BCUT2D eigenvalue weighted by molar-refractivity contribution is -0.383. The highest BCUT2D eigenvalue weighted by atomic mass is 16.6. The molecular weight excluding hydrogens is 298 g/mol. The molecule has 0 aliphatic rings. The molecule has 0 bridgehead atoms. The second-order valence-corrected chi connectivity index (χ2v) is 4.78. The first-order valence-corrected chi connectivity index (χ1v) is 6.85. The number of hydrogen-bond acceptors (Lipinski definition) is 4. The highest BCUT2D eigenvalue weighted by molar-refractivity contribution is 5.91. The molecule has 0 saturated heterocycles. The van der Waals surface area contributed by atoms with Gasteiger partial charge < -0.3 is 15.6 Å². The highest BCUT2D eigenvalue weighted by Gasteiger charge is 2.14. The number of nitro groups is 1. The number of anilines is 1. The largest absolute Gasteiger partial charge is 0.340 e. The van der Waals surface area contributed by atoms with E-state index in [1.165, 1.54) is 18.2 Å². The minimum absolute atomic E-state index is 0.139. The van der Waals surface area contributed by atoms with Gasteiger partial charge in [-0.15, -0.1) is 0 Å². The zero-order chi connectivity index (χ0) is 16.2. The van der Waals surface area contributed by atoms with Crippen molar-refractivity contribution in [1.29, 1.82) is 0 Å². The smallest absolute Gasteiger partial charge is 0.319 e. The Morgan fingerprint density at radius 3 is 2.70 bits per heavy atom. The molecule has 1 aromatic heterocycles. The number of amides is 2. The van der Waals surface area contributed by atoms with Crippen LogP contribution in [0.2, 0.25) is 0 Å². The number of carbonyl (C=O) groups excluding carboxylic acids is 1. The molecule has 0 spiro atoms. The maximum absolute atomic E-state index is 11.9. The van der Waals surface area contributed by atoms with Gasteiger partial charge in [-0.3, -0.25) is 10.1 Å². The van der Waals surface area contributed by atoms with Crippen LogP contribution < -0.4 is 10.6 Å². The normalized spacial score (nSPS) is 10.4. The molecule has 3 N–H and O–H groups in total. The molecule has 23 heavy (non-hydrogen) atoms. The Hall–Kier alpha value is -3.42. The molecule has 0 radical (unpaired) electrons. The van der Waals surface area contributed by atoms with Gasteiger partial charge in [0.05, 0.1) is 22.5 Å². The Bertz CT molecular complexity index is 841. The number of benzene rings is 2. The number of aromatic amines is 1. The van der Waals surface area contributed by atoms with E-state index in [1.807, 2.05) is 24.3 Å². The summed E-state index contributed by atoms with van der Waals surface area (Å²) in [5, 5.41) is 16.0. The standard InChI is InChI=1S/C15H13N5O3/c21-15(19-12-7-3-4-8-13(12)20(22)23)16-9-14-17-10-5-1-2-6-11(10)18-14/h1-8H,9H2,(H,17,18)(H2,16,19,21). The number of aromatic nitrogens is 2. The molecule has 0 fully saturated rings. The molecule has 1 heterocycles. The summed E-state index contributed by atoms with van der Waals surface area (Å²) in [6.45, 7) is 0.182. The molecular formula is C15H13N5O3. The van der Waals surface area contributed by atoms with E-state index >= 15 is 0 Å². The molecule has 0 saturated carbocycles. The van der Waals surface area contributed by atoms with Gasteiger partial charge in [-0.1, -0.05) is 24.3 Å². The zero-order valence-corrected chi connectivity index (χ0v) is 11.9. The molecule has 2 aromatic carbocycles. The van der Waals surface area contributed by atoms with Gasteiger partial charge in [0.15, 0.2) is 0 Å². The summed E-state index contributed by atoms with van der Waals surface area (Å²) >= 11 is 0. The fourth-order valence-electron chi connectivity index (χ4n) is 2.16. The van der Waals surface area contributed by atoms with E-state index in [1.54, 1.807) is 6.07 Å². The number of H-pyrrole nitrogens is 1. The Balaban J connectivity index is 1.65. The SMILES string of the molecule is O=C(NCc1nc2ccccc2[nH]1)Nc1ccccc1[N+](=O)[O-]. The lowest BCUT2D eigenvalue weighted by atomic mass is 10.3. The summed E-state index contributed by atoms with van der Waals surface area (Å²) < 4.78 is 0. The van der Waals surface area contributed by atoms with Crippen LogP contribution in [0.3, 0.4) is 0 Å². The first kappa shape index (κ1) is 14.5. The quantitative estimate of drug-likeness (QED) is 0.508. The van der Waals surface area contributed by atoms with Crippen molar-refractivity contribution in [2.45, 2.75) is 6.54 Å². The fourth-order valence-corrected chi connectivity index (χ4v) is 2.16. The molecule has 116 valence electrons. The van der Waals surface area contributed by atoms with E-state index < -0.39 is 11.0 Å². The van der Waals surface area contributed by atoms with Crippen molar-refractivity contribution in [2.75, 3.05) is 5.32 Å². The average molecular weight is 311 g/mol. The summed E-state index contributed by atoms with van der Waals surface area (Å²) in [7, 11) is 0. The minimum atomic E-state index is -0.547. The van der Waals surface area contributed by atoms with E-state index in [4.69, 9.17) is 0 Å². The number of para-hydroxylation sites is 4. The van der Waals surface area contributed by atoms with Crippen LogP contribution in [0.5, 0.6) is 0 Å². The van der Waals surface area contributed by atoms with Gasteiger partial charge in [0.25, 0.3) is 5.69 Å². The van der Waals surface area contributed by atoms with Crippen LogP contribution in [0.15, 0.2) is 48.5 Å². The number of rotatable bonds is 4. The van der Waals surface area contributed by atoms with E-state index in [0.717, 1.165) is 11.0 Å². The summed E-state index contributed by atoms with van der Waals surface area (Å²) in [4.78, 5) is 29.7. The second-order valence-electron chi connectivity index (χ2n) is 4.78. The minimum Gasteiger partial charge on any atom is -0.340 e. The second kappa shape index (κ2) is 6.14. The molecule has 0 unspecified atom stereocenters. The predicted octanol–water partition coefficient (Wildman–Crippen LogP) is 2.79. The van der Waals surface area contributed by atoms with E-state index in [9.17, 15) is 14.9 Å². The van der Waals surface area contributed by atoms with Gasteiger partial charge in [0, 0.05) is 6.07 Å². The van der Waals surface area contributed by atoms with Gasteiger partial charge in [-0.2, -0.15) is 0 Å². The van der Waals surface area contributed by atoms with Crippen LogP contribution in [0.1, 0.15) is 5.82 Å². The number of hydrogen-bond donors (Lipinski definition) is 3. The maximum atomic E-state index is 11.9. The van der Waals surface area contributed by atoms with Crippen LogP contribution in [0.25, 0.3) is 11.0 Å². The van der Waals surface area contributed by atoms with Crippen molar-refractivity contribution in [3.8, 4) is 0 Å². The van der Waals surface area contributed by atoms with E-state index in [-0.39, 0.29) is 17.9 Å². The monoisotopic (exact) mass is 311 g/mol. The van der Waals surface area contributed by atoms with E-state index in [2.05, 4.69) is 20.6 Å². The molecule has 8 heteroatoms. The van der Waals surface area contributed by atoms with Crippen LogP contribution in [0.4, 0.5) is 16.2 Å². The highest BCUT2D eigenvalue weighted by Crippen LogP contribution is 2.22. The number of imidazole rings is 1. The summed E-state index contributed by atoms with van der Waals surface area (Å²) in [5.74, 6) is 0.601. The summed E-state index contributed by atoms with van der Waals surface area (Å²) in [6.07, 6.45) is 0. The Kier molecular flexibility index (Phi) is 3.88. The van der Waals surface area contributed by atoms with E-state index in [0.29, 0.717) is 5.82 Å². The Morgan fingerprint density at radius 2 is 1.91 bits per heavy atom. The van der Waals surface area contributed by atoms with Crippen LogP contribution in [0, 0.1) is 10.1 Å². The fraction of sp³-hybridized carbons (Fsp3) is 0.0667.